The number of aromatic nitrogens is 3. The lowest BCUT2D eigenvalue weighted by atomic mass is 10.2. The Hall–Kier alpha value is -1.85. The third-order valence-electron chi connectivity index (χ3n) is 3.00. The maximum absolute atomic E-state index is 6.33. The van der Waals surface area contributed by atoms with Crippen LogP contribution in [-0.4, -0.2) is 14.5 Å². The summed E-state index contributed by atoms with van der Waals surface area (Å²) in [6.07, 6.45) is 7.23. The number of halogens is 1. The summed E-state index contributed by atoms with van der Waals surface area (Å²) in [6.45, 7) is 2.10. The number of thiazole rings is 1. The third-order valence-corrected chi connectivity index (χ3v) is 4.26. The Kier molecular flexibility index (Phi) is 3.71. The third kappa shape index (κ3) is 2.55. The molecule has 3 rings (SSSR count). The van der Waals surface area contributed by atoms with E-state index in [1.165, 1.54) is 4.88 Å². The highest BCUT2D eigenvalue weighted by molar-refractivity contribution is 7.09. The van der Waals surface area contributed by atoms with E-state index in [9.17, 15) is 0 Å². The molecule has 0 saturated carbocycles. The summed E-state index contributed by atoms with van der Waals surface area (Å²) in [5.74, 6) is 0. The largest absolute Gasteiger partial charge is 0.376 e. The van der Waals surface area contributed by atoms with E-state index >= 15 is 0 Å². The molecule has 20 heavy (non-hydrogen) atoms. The molecule has 1 atom stereocenters. The van der Waals surface area contributed by atoms with Crippen LogP contribution in [0, 0.1) is 0 Å². The molecule has 4 nitrogen and oxygen atoms in total. The average Bonchev–Trinajstić information content (AvgIpc) is 3.12. The first-order valence-electron chi connectivity index (χ1n) is 6.17. The molecule has 0 spiro atoms. The van der Waals surface area contributed by atoms with Crippen LogP contribution in [0.4, 0.5) is 5.69 Å². The minimum atomic E-state index is 0.170. The van der Waals surface area contributed by atoms with Gasteiger partial charge in [-0.2, -0.15) is 0 Å². The van der Waals surface area contributed by atoms with Crippen LogP contribution in [0.5, 0.6) is 0 Å². The van der Waals surface area contributed by atoms with Crippen molar-refractivity contribution in [2.75, 3.05) is 5.32 Å². The van der Waals surface area contributed by atoms with Crippen LogP contribution < -0.4 is 5.32 Å². The first-order valence-corrected chi connectivity index (χ1v) is 7.43. The topological polar surface area (TPSA) is 42.7 Å². The molecule has 1 unspecified atom stereocenters. The zero-order valence-electron chi connectivity index (χ0n) is 10.8. The molecule has 102 valence electrons. The van der Waals surface area contributed by atoms with Gasteiger partial charge in [0.2, 0.25) is 0 Å². The first-order chi connectivity index (χ1) is 9.75. The standard InChI is InChI=1S/C14H13ClN4S/c1-10(13-7-17-9-20-13)18-12-4-2-3-11(15)14(12)19-6-5-16-8-19/h2-10,18H,1H3. The molecule has 0 aliphatic carbocycles. The van der Waals surface area contributed by atoms with E-state index in [1.807, 2.05) is 40.7 Å². The fourth-order valence-corrected chi connectivity index (χ4v) is 2.93. The molecule has 2 heterocycles. The number of benzene rings is 1. The van der Waals surface area contributed by atoms with Gasteiger partial charge in [-0.25, -0.2) is 4.98 Å². The molecule has 0 amide bonds. The van der Waals surface area contributed by atoms with E-state index in [1.54, 1.807) is 23.9 Å². The summed E-state index contributed by atoms with van der Waals surface area (Å²) in [7, 11) is 0. The van der Waals surface area contributed by atoms with Crippen molar-refractivity contribution >= 4 is 28.6 Å². The van der Waals surface area contributed by atoms with Gasteiger partial charge in [-0.1, -0.05) is 17.7 Å². The van der Waals surface area contributed by atoms with Gasteiger partial charge in [0, 0.05) is 23.5 Å². The molecule has 0 bridgehead atoms. The summed E-state index contributed by atoms with van der Waals surface area (Å²) in [6, 6.07) is 5.99. The van der Waals surface area contributed by atoms with Crippen LogP contribution in [0.25, 0.3) is 5.69 Å². The summed E-state index contributed by atoms with van der Waals surface area (Å²) in [5.41, 5.74) is 3.71. The number of rotatable bonds is 4. The summed E-state index contributed by atoms with van der Waals surface area (Å²) in [5, 5.41) is 4.16. The Morgan fingerprint density at radius 3 is 2.95 bits per heavy atom. The van der Waals surface area contributed by atoms with Gasteiger partial charge in [0.1, 0.15) is 0 Å². The smallest absolute Gasteiger partial charge is 0.0992 e. The van der Waals surface area contributed by atoms with Gasteiger partial charge in [-0.05, 0) is 19.1 Å². The van der Waals surface area contributed by atoms with E-state index in [0.717, 1.165) is 11.4 Å². The second-order valence-corrected chi connectivity index (χ2v) is 5.70. The van der Waals surface area contributed by atoms with Crippen molar-refractivity contribution in [2.45, 2.75) is 13.0 Å². The molecular weight excluding hydrogens is 292 g/mol. The van der Waals surface area contributed by atoms with Gasteiger partial charge in [0.15, 0.2) is 0 Å². The molecule has 2 aromatic heterocycles. The van der Waals surface area contributed by atoms with E-state index in [2.05, 4.69) is 22.2 Å². The predicted octanol–water partition coefficient (Wildman–Crippen LogP) is 4.16. The predicted molar refractivity (Wildman–Crippen MR) is 82.7 cm³/mol. The van der Waals surface area contributed by atoms with Gasteiger partial charge in [0.05, 0.1) is 34.3 Å². The normalized spacial score (nSPS) is 12.3. The Labute approximate surface area is 126 Å². The second kappa shape index (κ2) is 5.64. The molecule has 1 aromatic carbocycles. The minimum Gasteiger partial charge on any atom is -0.376 e. The lowest BCUT2D eigenvalue weighted by Gasteiger charge is -2.18. The SMILES string of the molecule is CC(Nc1cccc(Cl)c1-n1ccnc1)c1cncs1. The number of nitrogens with one attached hydrogen (secondary N) is 1. The molecule has 0 fully saturated rings. The number of anilines is 1. The Bertz CT molecular complexity index is 679. The quantitative estimate of drug-likeness (QED) is 0.787. The lowest BCUT2D eigenvalue weighted by molar-refractivity contribution is 0.897. The van der Waals surface area contributed by atoms with Crippen LogP contribution in [0.3, 0.4) is 0 Å². The fraction of sp³-hybridized carbons (Fsp3) is 0.143. The molecule has 0 aliphatic heterocycles. The molecule has 3 aromatic rings. The Morgan fingerprint density at radius 1 is 1.35 bits per heavy atom. The van der Waals surface area contributed by atoms with Crippen LogP contribution >= 0.6 is 22.9 Å². The highest BCUT2D eigenvalue weighted by Gasteiger charge is 2.13. The van der Waals surface area contributed by atoms with Crippen LogP contribution in [0.1, 0.15) is 17.8 Å². The van der Waals surface area contributed by atoms with Gasteiger partial charge in [-0.3, -0.25) is 4.98 Å². The van der Waals surface area contributed by atoms with Gasteiger partial charge >= 0.3 is 0 Å². The van der Waals surface area contributed by atoms with Crippen LogP contribution in [0.15, 0.2) is 48.6 Å². The fourth-order valence-electron chi connectivity index (χ4n) is 2.03. The minimum absolute atomic E-state index is 0.170. The monoisotopic (exact) mass is 304 g/mol. The maximum atomic E-state index is 6.33. The highest BCUT2D eigenvalue weighted by Crippen LogP contribution is 2.31. The van der Waals surface area contributed by atoms with Crippen molar-refractivity contribution in [2.24, 2.45) is 0 Å². The maximum Gasteiger partial charge on any atom is 0.0992 e. The van der Waals surface area contributed by atoms with Crippen LogP contribution in [0.2, 0.25) is 5.02 Å². The van der Waals surface area contributed by atoms with Crippen molar-refractivity contribution in [1.29, 1.82) is 0 Å². The van der Waals surface area contributed by atoms with Crippen molar-refractivity contribution in [3.63, 3.8) is 0 Å². The number of para-hydroxylation sites is 1. The zero-order valence-corrected chi connectivity index (χ0v) is 12.4. The highest BCUT2D eigenvalue weighted by atomic mass is 35.5. The summed E-state index contributed by atoms with van der Waals surface area (Å²) >= 11 is 7.96. The second-order valence-electron chi connectivity index (χ2n) is 4.38. The average molecular weight is 305 g/mol. The summed E-state index contributed by atoms with van der Waals surface area (Å²) in [4.78, 5) is 9.37. The van der Waals surface area contributed by atoms with Crippen LogP contribution in [-0.2, 0) is 0 Å². The van der Waals surface area contributed by atoms with Crippen molar-refractivity contribution in [3.8, 4) is 5.69 Å². The number of hydrogen-bond donors (Lipinski definition) is 1. The van der Waals surface area contributed by atoms with E-state index in [4.69, 9.17) is 11.6 Å². The Balaban J connectivity index is 1.96. The molecule has 0 radical (unpaired) electrons. The van der Waals surface area contributed by atoms with Gasteiger partial charge in [0.25, 0.3) is 0 Å². The van der Waals surface area contributed by atoms with E-state index in [0.29, 0.717) is 5.02 Å². The Morgan fingerprint density at radius 2 is 2.25 bits per heavy atom. The van der Waals surface area contributed by atoms with Gasteiger partial charge in [-0.15, -0.1) is 11.3 Å². The van der Waals surface area contributed by atoms with Crippen molar-refractivity contribution < 1.29 is 0 Å². The first kappa shape index (κ1) is 13.1. The molecule has 6 heteroatoms. The number of nitrogens with zero attached hydrogens (tertiary/aromatic N) is 3. The van der Waals surface area contributed by atoms with E-state index < -0.39 is 0 Å². The summed E-state index contributed by atoms with van der Waals surface area (Å²) < 4.78 is 1.91. The molecule has 0 saturated heterocycles. The zero-order chi connectivity index (χ0) is 13.9. The van der Waals surface area contributed by atoms with Crippen molar-refractivity contribution in [3.05, 3.63) is 58.5 Å². The molecular formula is C14H13ClN4S. The van der Waals surface area contributed by atoms with Crippen molar-refractivity contribution in [1.82, 2.24) is 14.5 Å². The molecule has 0 aliphatic rings. The number of imidazole rings is 1. The number of hydrogen-bond acceptors (Lipinski definition) is 4. The van der Waals surface area contributed by atoms with E-state index in [-0.39, 0.29) is 6.04 Å². The lowest BCUT2D eigenvalue weighted by Crippen LogP contribution is -2.08. The molecule has 1 N–H and O–H groups in total. The van der Waals surface area contributed by atoms with Gasteiger partial charge < -0.3 is 9.88 Å².